The lowest BCUT2D eigenvalue weighted by molar-refractivity contribution is 0.199. The van der Waals surface area contributed by atoms with Gasteiger partial charge in [-0.25, -0.2) is 0 Å². The first-order chi connectivity index (χ1) is 8.33. The molecule has 0 saturated carbocycles. The fraction of sp³-hybridized carbons (Fsp3) is 0.571. The van der Waals surface area contributed by atoms with E-state index < -0.39 is 0 Å². The van der Waals surface area contributed by atoms with E-state index >= 15 is 0 Å². The number of aliphatic hydroxyl groups excluding tert-OH is 1. The van der Waals surface area contributed by atoms with Crippen LogP contribution in [-0.4, -0.2) is 24.9 Å². The highest BCUT2D eigenvalue weighted by atomic mass is 16.5. The van der Waals surface area contributed by atoms with Crippen LogP contribution in [0.2, 0.25) is 0 Å². The predicted octanol–water partition coefficient (Wildman–Crippen LogP) is 2.51. The lowest BCUT2D eigenvalue weighted by Gasteiger charge is -2.20. The van der Waals surface area contributed by atoms with E-state index in [4.69, 9.17) is 9.84 Å². The van der Waals surface area contributed by atoms with Crippen molar-refractivity contribution in [1.82, 2.24) is 5.32 Å². The summed E-state index contributed by atoms with van der Waals surface area (Å²) in [6, 6.07) is 8.36. The first-order valence-corrected chi connectivity index (χ1v) is 6.39. The second-order valence-electron chi connectivity index (χ2n) is 4.02. The Morgan fingerprint density at radius 2 is 2.06 bits per heavy atom. The van der Waals surface area contributed by atoms with Gasteiger partial charge in [-0.15, -0.1) is 0 Å². The number of rotatable bonds is 8. The van der Waals surface area contributed by atoms with Crippen LogP contribution in [0.3, 0.4) is 0 Å². The van der Waals surface area contributed by atoms with Gasteiger partial charge in [0.25, 0.3) is 0 Å². The van der Waals surface area contributed by atoms with Crippen LogP contribution in [0.25, 0.3) is 0 Å². The van der Waals surface area contributed by atoms with Gasteiger partial charge in [-0.1, -0.05) is 32.0 Å². The van der Waals surface area contributed by atoms with Crippen LogP contribution >= 0.6 is 0 Å². The third-order valence-electron chi connectivity index (χ3n) is 2.69. The van der Waals surface area contributed by atoms with E-state index in [0.29, 0.717) is 12.6 Å². The third-order valence-corrected chi connectivity index (χ3v) is 2.69. The molecule has 17 heavy (non-hydrogen) atoms. The second kappa shape index (κ2) is 8.09. The summed E-state index contributed by atoms with van der Waals surface area (Å²) in [4.78, 5) is 0. The highest BCUT2D eigenvalue weighted by Crippen LogP contribution is 2.26. The number of ether oxygens (including phenoxy) is 1. The van der Waals surface area contributed by atoms with E-state index in [9.17, 15) is 0 Å². The molecule has 0 bridgehead atoms. The molecule has 1 rings (SSSR count). The van der Waals surface area contributed by atoms with Gasteiger partial charge in [0.2, 0.25) is 0 Å². The minimum atomic E-state index is 0.0491. The summed E-state index contributed by atoms with van der Waals surface area (Å²) >= 11 is 0. The summed E-state index contributed by atoms with van der Waals surface area (Å²) < 4.78 is 5.56. The molecule has 1 unspecified atom stereocenters. The van der Waals surface area contributed by atoms with E-state index in [1.54, 1.807) is 0 Å². The Labute approximate surface area is 104 Å². The van der Waals surface area contributed by atoms with Gasteiger partial charge in [-0.2, -0.15) is 0 Å². The van der Waals surface area contributed by atoms with E-state index in [1.165, 1.54) is 5.56 Å². The zero-order valence-corrected chi connectivity index (χ0v) is 10.8. The Kier molecular flexibility index (Phi) is 6.67. The average Bonchev–Trinajstić information content (AvgIpc) is 2.38. The fourth-order valence-electron chi connectivity index (χ4n) is 1.85. The maximum absolute atomic E-state index is 8.82. The van der Waals surface area contributed by atoms with Crippen molar-refractivity contribution in [3.8, 4) is 5.75 Å². The number of nitrogens with one attached hydrogen (secondary N) is 1. The molecule has 0 aliphatic heterocycles. The van der Waals surface area contributed by atoms with Gasteiger partial charge in [0, 0.05) is 11.6 Å². The smallest absolute Gasteiger partial charge is 0.124 e. The molecule has 0 aliphatic carbocycles. The standard InChI is InChI=1S/C14H23NO2/c1-3-9-15-13(4-2)12-7-5-6-8-14(12)17-11-10-16/h5-8,13,15-16H,3-4,9-11H2,1-2H3. The first kappa shape index (κ1) is 14.0. The topological polar surface area (TPSA) is 41.5 Å². The van der Waals surface area contributed by atoms with Gasteiger partial charge in [0.15, 0.2) is 0 Å². The number of aliphatic hydroxyl groups is 1. The molecule has 3 nitrogen and oxygen atoms in total. The molecule has 0 spiro atoms. The van der Waals surface area contributed by atoms with Gasteiger partial charge < -0.3 is 15.2 Å². The van der Waals surface area contributed by atoms with Crippen LogP contribution in [-0.2, 0) is 0 Å². The largest absolute Gasteiger partial charge is 0.491 e. The monoisotopic (exact) mass is 237 g/mol. The normalized spacial score (nSPS) is 12.4. The van der Waals surface area contributed by atoms with Crippen molar-refractivity contribution >= 4 is 0 Å². The number of para-hydroxylation sites is 1. The molecule has 0 amide bonds. The summed E-state index contributed by atoms with van der Waals surface area (Å²) in [5.74, 6) is 0.872. The second-order valence-corrected chi connectivity index (χ2v) is 4.02. The van der Waals surface area contributed by atoms with Gasteiger partial charge >= 0.3 is 0 Å². The van der Waals surface area contributed by atoms with Crippen LogP contribution in [0, 0.1) is 0 Å². The molecule has 0 radical (unpaired) electrons. The van der Waals surface area contributed by atoms with Crippen molar-refractivity contribution < 1.29 is 9.84 Å². The molecule has 0 fully saturated rings. The van der Waals surface area contributed by atoms with Crippen LogP contribution in [0.5, 0.6) is 5.75 Å². The predicted molar refractivity (Wildman–Crippen MR) is 70.3 cm³/mol. The SMILES string of the molecule is CCCNC(CC)c1ccccc1OCCO. The molecular formula is C14H23NO2. The molecule has 0 heterocycles. The average molecular weight is 237 g/mol. The third kappa shape index (κ3) is 4.36. The quantitative estimate of drug-likeness (QED) is 0.730. The van der Waals surface area contributed by atoms with Crippen molar-refractivity contribution in [2.75, 3.05) is 19.8 Å². The first-order valence-electron chi connectivity index (χ1n) is 6.39. The zero-order valence-electron chi connectivity index (χ0n) is 10.8. The van der Waals surface area contributed by atoms with Gasteiger partial charge in [-0.3, -0.25) is 0 Å². The molecule has 0 aromatic heterocycles. The van der Waals surface area contributed by atoms with Crippen LogP contribution in [0.15, 0.2) is 24.3 Å². The summed E-state index contributed by atoms with van der Waals surface area (Å²) in [7, 11) is 0. The molecule has 1 atom stereocenters. The fourth-order valence-corrected chi connectivity index (χ4v) is 1.85. The van der Waals surface area contributed by atoms with Crippen LogP contribution in [0.1, 0.15) is 38.3 Å². The highest BCUT2D eigenvalue weighted by Gasteiger charge is 2.12. The molecule has 96 valence electrons. The summed E-state index contributed by atoms with van der Waals surface area (Å²) in [5.41, 5.74) is 1.18. The number of hydrogen-bond acceptors (Lipinski definition) is 3. The zero-order chi connectivity index (χ0) is 12.5. The molecule has 1 aromatic rings. The van der Waals surface area contributed by atoms with Crippen molar-refractivity contribution in [3.05, 3.63) is 29.8 Å². The van der Waals surface area contributed by atoms with Gasteiger partial charge in [0.05, 0.1) is 6.61 Å². The van der Waals surface area contributed by atoms with Gasteiger partial charge in [0.1, 0.15) is 12.4 Å². The minimum Gasteiger partial charge on any atom is -0.491 e. The molecule has 1 aromatic carbocycles. The van der Waals surface area contributed by atoms with Crippen LogP contribution < -0.4 is 10.1 Å². The lowest BCUT2D eigenvalue weighted by atomic mass is 10.0. The van der Waals surface area contributed by atoms with Crippen molar-refractivity contribution in [2.45, 2.75) is 32.7 Å². The molecule has 2 N–H and O–H groups in total. The molecule has 0 saturated heterocycles. The van der Waals surface area contributed by atoms with Crippen LogP contribution in [0.4, 0.5) is 0 Å². The van der Waals surface area contributed by atoms with Crippen molar-refractivity contribution in [2.24, 2.45) is 0 Å². The maximum atomic E-state index is 8.82. The van der Waals surface area contributed by atoms with Crippen molar-refractivity contribution in [3.63, 3.8) is 0 Å². The highest BCUT2D eigenvalue weighted by molar-refractivity contribution is 5.35. The maximum Gasteiger partial charge on any atom is 0.124 e. The Hall–Kier alpha value is -1.06. The van der Waals surface area contributed by atoms with Gasteiger partial charge in [-0.05, 0) is 25.5 Å². The molecule has 0 aliphatic rings. The van der Waals surface area contributed by atoms with E-state index in [0.717, 1.165) is 25.1 Å². The summed E-state index contributed by atoms with van der Waals surface area (Å²) in [5, 5.41) is 12.3. The summed E-state index contributed by atoms with van der Waals surface area (Å²) in [6.45, 7) is 5.73. The number of hydrogen-bond donors (Lipinski definition) is 2. The number of benzene rings is 1. The Morgan fingerprint density at radius 1 is 1.29 bits per heavy atom. The Morgan fingerprint density at radius 3 is 2.71 bits per heavy atom. The summed E-state index contributed by atoms with van der Waals surface area (Å²) in [6.07, 6.45) is 2.15. The molecule has 3 heteroatoms. The minimum absolute atomic E-state index is 0.0491. The lowest BCUT2D eigenvalue weighted by Crippen LogP contribution is -2.22. The van der Waals surface area contributed by atoms with E-state index in [-0.39, 0.29) is 6.61 Å². The van der Waals surface area contributed by atoms with E-state index in [2.05, 4.69) is 25.2 Å². The van der Waals surface area contributed by atoms with E-state index in [1.807, 2.05) is 18.2 Å². The molecular weight excluding hydrogens is 214 g/mol. The van der Waals surface area contributed by atoms with Crippen molar-refractivity contribution in [1.29, 1.82) is 0 Å². The Balaban J connectivity index is 2.77. The Bertz CT molecular complexity index is 315.